The van der Waals surface area contributed by atoms with E-state index in [4.69, 9.17) is 9.47 Å². The molecule has 0 saturated heterocycles. The molecule has 4 heteroatoms. The number of fused-ring (bicyclic) bond motifs is 3. The summed E-state index contributed by atoms with van der Waals surface area (Å²) in [6, 6.07) is 6.17. The second kappa shape index (κ2) is 6.78. The molecule has 0 amide bonds. The summed E-state index contributed by atoms with van der Waals surface area (Å²) in [7, 11) is 1.62. The molecule has 0 bridgehead atoms. The fourth-order valence-corrected chi connectivity index (χ4v) is 4.70. The summed E-state index contributed by atoms with van der Waals surface area (Å²) >= 11 is 3.58. The zero-order valence-electron chi connectivity index (χ0n) is 13.8. The van der Waals surface area contributed by atoms with Gasteiger partial charge in [0.15, 0.2) is 12.6 Å². The Bertz CT molecular complexity index is 650. The molecule has 0 aliphatic heterocycles. The van der Waals surface area contributed by atoms with Crippen LogP contribution in [-0.2, 0) is 16.0 Å². The molecule has 0 saturated carbocycles. The van der Waals surface area contributed by atoms with E-state index in [2.05, 4.69) is 35.0 Å². The SMILES string of the molecule is CCCCC12CCc3cc(OCOC)ccc3C1=C(Br)C(=O)C2. The Labute approximate surface area is 146 Å². The number of carbonyl (C=O) groups excluding carboxylic acids is 1. The van der Waals surface area contributed by atoms with Gasteiger partial charge >= 0.3 is 0 Å². The lowest BCUT2D eigenvalue weighted by atomic mass is 9.66. The summed E-state index contributed by atoms with van der Waals surface area (Å²) in [5.41, 5.74) is 3.76. The number of unbranched alkanes of at least 4 members (excludes halogenated alkanes) is 1. The number of ketones is 1. The molecule has 0 radical (unpaired) electrons. The first-order valence-corrected chi connectivity index (χ1v) is 9.09. The molecule has 0 fully saturated rings. The monoisotopic (exact) mass is 378 g/mol. The second-order valence-corrected chi connectivity index (χ2v) is 7.34. The summed E-state index contributed by atoms with van der Waals surface area (Å²) in [5.74, 6) is 1.08. The third-order valence-electron chi connectivity index (χ3n) is 5.06. The third kappa shape index (κ3) is 2.99. The molecule has 0 N–H and O–H groups in total. The largest absolute Gasteiger partial charge is 0.468 e. The lowest BCUT2D eigenvalue weighted by Gasteiger charge is -2.37. The Hall–Kier alpha value is -1.13. The lowest BCUT2D eigenvalue weighted by molar-refractivity contribution is -0.115. The quantitative estimate of drug-likeness (QED) is 0.662. The van der Waals surface area contributed by atoms with Gasteiger partial charge in [0.1, 0.15) is 5.75 Å². The van der Waals surface area contributed by atoms with Gasteiger partial charge in [0.25, 0.3) is 0 Å². The number of halogens is 1. The maximum atomic E-state index is 12.4. The molecule has 3 rings (SSSR count). The molecule has 1 unspecified atom stereocenters. The number of methoxy groups -OCH3 is 1. The normalized spacial score (nSPS) is 23.0. The summed E-state index contributed by atoms with van der Waals surface area (Å²) in [6.45, 7) is 2.46. The van der Waals surface area contributed by atoms with E-state index in [-0.39, 0.29) is 18.0 Å². The van der Waals surface area contributed by atoms with Crippen LogP contribution in [0, 0.1) is 5.41 Å². The average molecular weight is 379 g/mol. The number of allylic oxidation sites excluding steroid dienone is 2. The van der Waals surface area contributed by atoms with Crippen molar-refractivity contribution in [3.05, 3.63) is 33.8 Å². The van der Waals surface area contributed by atoms with Gasteiger partial charge in [-0.05, 0) is 64.0 Å². The van der Waals surface area contributed by atoms with Crippen molar-refractivity contribution < 1.29 is 14.3 Å². The number of rotatable bonds is 6. The Morgan fingerprint density at radius 2 is 2.17 bits per heavy atom. The molecule has 124 valence electrons. The van der Waals surface area contributed by atoms with Gasteiger partial charge in [-0.25, -0.2) is 0 Å². The van der Waals surface area contributed by atoms with Crippen molar-refractivity contribution in [3.8, 4) is 5.75 Å². The van der Waals surface area contributed by atoms with Crippen molar-refractivity contribution in [3.63, 3.8) is 0 Å². The second-order valence-electron chi connectivity index (χ2n) is 6.54. The molecule has 0 spiro atoms. The third-order valence-corrected chi connectivity index (χ3v) is 5.90. The van der Waals surface area contributed by atoms with Crippen LogP contribution >= 0.6 is 15.9 Å². The smallest absolute Gasteiger partial charge is 0.188 e. The molecule has 1 atom stereocenters. The van der Waals surface area contributed by atoms with E-state index >= 15 is 0 Å². The van der Waals surface area contributed by atoms with Crippen LogP contribution in [0.15, 0.2) is 22.7 Å². The molecule has 2 aliphatic rings. The number of benzene rings is 1. The van der Waals surface area contributed by atoms with Crippen molar-refractivity contribution in [2.45, 2.75) is 45.4 Å². The maximum absolute atomic E-state index is 12.4. The minimum atomic E-state index is 0.0355. The minimum Gasteiger partial charge on any atom is -0.468 e. The van der Waals surface area contributed by atoms with E-state index < -0.39 is 0 Å². The topological polar surface area (TPSA) is 35.5 Å². The van der Waals surface area contributed by atoms with Crippen LogP contribution in [0.1, 0.15) is 50.2 Å². The van der Waals surface area contributed by atoms with Crippen molar-refractivity contribution in [2.75, 3.05) is 13.9 Å². The van der Waals surface area contributed by atoms with Crippen LogP contribution in [0.5, 0.6) is 5.75 Å². The first kappa shape index (κ1) is 16.7. The summed E-state index contributed by atoms with van der Waals surface area (Å²) < 4.78 is 11.3. The summed E-state index contributed by atoms with van der Waals surface area (Å²) in [6.07, 6.45) is 6.13. The van der Waals surface area contributed by atoms with Crippen LogP contribution in [0.3, 0.4) is 0 Å². The van der Waals surface area contributed by atoms with Crippen molar-refractivity contribution in [1.29, 1.82) is 0 Å². The number of carbonyl (C=O) groups is 1. The molecule has 0 aromatic heterocycles. The van der Waals surface area contributed by atoms with E-state index in [9.17, 15) is 4.79 Å². The van der Waals surface area contributed by atoms with Gasteiger partial charge in [-0.3, -0.25) is 4.79 Å². The predicted octanol–water partition coefficient (Wildman–Crippen LogP) is 4.87. The highest BCUT2D eigenvalue weighted by molar-refractivity contribution is 9.12. The predicted molar refractivity (Wildman–Crippen MR) is 94.7 cm³/mol. The van der Waals surface area contributed by atoms with Crippen molar-refractivity contribution >= 4 is 27.3 Å². The molecule has 0 heterocycles. The Kier molecular flexibility index (Phi) is 4.93. The highest BCUT2D eigenvalue weighted by atomic mass is 79.9. The van der Waals surface area contributed by atoms with Crippen LogP contribution in [-0.4, -0.2) is 19.7 Å². The molecule has 23 heavy (non-hydrogen) atoms. The first-order valence-electron chi connectivity index (χ1n) is 8.30. The number of hydrogen-bond donors (Lipinski definition) is 0. The summed E-state index contributed by atoms with van der Waals surface area (Å²) in [4.78, 5) is 12.4. The van der Waals surface area contributed by atoms with Crippen molar-refractivity contribution in [2.24, 2.45) is 5.41 Å². The lowest BCUT2D eigenvalue weighted by Crippen LogP contribution is -2.26. The van der Waals surface area contributed by atoms with Gasteiger partial charge in [0.05, 0.1) is 4.48 Å². The zero-order valence-corrected chi connectivity index (χ0v) is 15.4. The number of Topliss-reactive ketones (excluding diaryl/α,β-unsaturated/α-hetero) is 1. The minimum absolute atomic E-state index is 0.0355. The molecule has 3 nitrogen and oxygen atoms in total. The summed E-state index contributed by atoms with van der Waals surface area (Å²) in [5, 5.41) is 0. The van der Waals surface area contributed by atoms with E-state index in [1.165, 1.54) is 23.1 Å². The van der Waals surface area contributed by atoms with Crippen LogP contribution in [0.25, 0.3) is 5.57 Å². The highest BCUT2D eigenvalue weighted by Gasteiger charge is 2.47. The average Bonchev–Trinajstić information content (AvgIpc) is 2.82. The maximum Gasteiger partial charge on any atom is 0.188 e. The molecule has 1 aromatic carbocycles. The van der Waals surface area contributed by atoms with Crippen LogP contribution < -0.4 is 4.74 Å². The molecular weight excluding hydrogens is 356 g/mol. The molecular formula is C19H23BrO3. The van der Waals surface area contributed by atoms with Crippen LogP contribution in [0.2, 0.25) is 0 Å². The van der Waals surface area contributed by atoms with Gasteiger partial charge in [-0.1, -0.05) is 25.8 Å². The zero-order chi connectivity index (χ0) is 16.4. The standard InChI is InChI=1S/C19H23BrO3/c1-3-4-8-19-9-7-13-10-14(23-12-22-2)5-6-15(13)17(19)18(20)16(21)11-19/h5-6,10H,3-4,7-9,11-12H2,1-2H3. The Balaban J connectivity index is 1.99. The highest BCUT2D eigenvalue weighted by Crippen LogP contribution is 2.57. The molecule has 2 aliphatic carbocycles. The number of aryl methyl sites for hydroxylation is 1. The number of ether oxygens (including phenoxy) is 2. The van der Waals surface area contributed by atoms with E-state index in [0.717, 1.165) is 35.9 Å². The van der Waals surface area contributed by atoms with E-state index in [1.54, 1.807) is 7.11 Å². The van der Waals surface area contributed by atoms with Gasteiger partial charge in [0.2, 0.25) is 0 Å². The van der Waals surface area contributed by atoms with Gasteiger partial charge in [-0.15, -0.1) is 0 Å². The van der Waals surface area contributed by atoms with E-state index in [0.29, 0.717) is 6.42 Å². The fourth-order valence-electron chi connectivity index (χ4n) is 3.93. The first-order chi connectivity index (χ1) is 11.1. The Morgan fingerprint density at radius 3 is 2.91 bits per heavy atom. The van der Waals surface area contributed by atoms with Gasteiger partial charge < -0.3 is 9.47 Å². The number of hydrogen-bond acceptors (Lipinski definition) is 3. The van der Waals surface area contributed by atoms with E-state index in [1.807, 2.05) is 6.07 Å². The van der Waals surface area contributed by atoms with Gasteiger partial charge in [-0.2, -0.15) is 0 Å². The Morgan fingerprint density at radius 1 is 1.35 bits per heavy atom. The van der Waals surface area contributed by atoms with Crippen molar-refractivity contribution in [1.82, 2.24) is 0 Å². The molecule has 1 aromatic rings. The van der Waals surface area contributed by atoms with Gasteiger partial charge in [0, 0.05) is 18.9 Å². The fraction of sp³-hybridized carbons (Fsp3) is 0.526. The van der Waals surface area contributed by atoms with Crippen LogP contribution in [0.4, 0.5) is 0 Å².